The molecular formula is C23H26O3. The van der Waals surface area contributed by atoms with Crippen LogP contribution in [-0.2, 0) is 9.53 Å². The first-order valence-electron chi connectivity index (χ1n) is 9.48. The Hall–Kier alpha value is -2.55. The van der Waals surface area contributed by atoms with E-state index < -0.39 is 0 Å². The van der Waals surface area contributed by atoms with Crippen LogP contribution in [0.3, 0.4) is 0 Å². The summed E-state index contributed by atoms with van der Waals surface area (Å²) in [5.41, 5.74) is 0. The summed E-state index contributed by atoms with van der Waals surface area (Å²) in [6.07, 6.45) is 4.49. The standard InChI is InChI=1S/C23H26O3/c1-2-25-23(24)14-5-3-4-8-15-26-22-13-9-12-20-16-18-10-6-7-11-19(18)17-21(20)22/h6-7,9-13,16-17H,2-5,8,14-15H2,1H3. The van der Waals surface area contributed by atoms with Crippen molar-refractivity contribution >= 4 is 27.5 Å². The van der Waals surface area contributed by atoms with Gasteiger partial charge in [0.15, 0.2) is 0 Å². The number of hydrogen-bond donors (Lipinski definition) is 0. The molecule has 3 aromatic rings. The van der Waals surface area contributed by atoms with Crippen LogP contribution in [0.5, 0.6) is 5.75 Å². The SMILES string of the molecule is CCOC(=O)CCCCCCOc1cccc2cc3ccccc3cc12. The lowest BCUT2D eigenvalue weighted by molar-refractivity contribution is -0.143. The van der Waals surface area contributed by atoms with Gasteiger partial charge in [-0.1, -0.05) is 49.2 Å². The number of fused-ring (bicyclic) bond motifs is 2. The van der Waals surface area contributed by atoms with Crippen molar-refractivity contribution in [2.24, 2.45) is 0 Å². The van der Waals surface area contributed by atoms with Gasteiger partial charge in [-0.25, -0.2) is 0 Å². The maximum atomic E-state index is 11.3. The van der Waals surface area contributed by atoms with Gasteiger partial charge in [0.25, 0.3) is 0 Å². The Morgan fingerprint density at radius 1 is 0.846 bits per heavy atom. The summed E-state index contributed by atoms with van der Waals surface area (Å²) in [4.78, 5) is 11.3. The number of carbonyl (C=O) groups excluding carboxylic acids is 1. The average molecular weight is 350 g/mol. The maximum Gasteiger partial charge on any atom is 0.305 e. The topological polar surface area (TPSA) is 35.5 Å². The molecule has 26 heavy (non-hydrogen) atoms. The fraction of sp³-hybridized carbons (Fsp3) is 0.348. The molecule has 0 aliphatic rings. The molecule has 3 rings (SSSR count). The Labute approximate surface area is 154 Å². The van der Waals surface area contributed by atoms with Crippen LogP contribution in [0.1, 0.15) is 39.0 Å². The molecule has 0 aliphatic heterocycles. The molecule has 0 radical (unpaired) electrons. The van der Waals surface area contributed by atoms with E-state index in [9.17, 15) is 4.79 Å². The zero-order valence-electron chi connectivity index (χ0n) is 15.4. The number of benzene rings is 3. The minimum atomic E-state index is -0.0910. The van der Waals surface area contributed by atoms with Crippen LogP contribution in [0.25, 0.3) is 21.5 Å². The normalized spacial score (nSPS) is 11.0. The van der Waals surface area contributed by atoms with Crippen molar-refractivity contribution in [1.29, 1.82) is 0 Å². The molecule has 0 amide bonds. The molecule has 3 aromatic carbocycles. The van der Waals surface area contributed by atoms with Crippen LogP contribution >= 0.6 is 0 Å². The third kappa shape index (κ3) is 4.75. The summed E-state index contributed by atoms with van der Waals surface area (Å²) in [6, 6.07) is 19.0. The summed E-state index contributed by atoms with van der Waals surface area (Å²) in [6.45, 7) is 3.00. The predicted molar refractivity (Wildman–Crippen MR) is 107 cm³/mol. The Morgan fingerprint density at radius 3 is 2.38 bits per heavy atom. The van der Waals surface area contributed by atoms with Crippen LogP contribution in [0, 0.1) is 0 Å². The van der Waals surface area contributed by atoms with Crippen molar-refractivity contribution in [2.75, 3.05) is 13.2 Å². The highest BCUT2D eigenvalue weighted by molar-refractivity contribution is 6.00. The van der Waals surface area contributed by atoms with Gasteiger partial charge >= 0.3 is 5.97 Å². The highest BCUT2D eigenvalue weighted by Gasteiger charge is 2.05. The molecule has 0 saturated heterocycles. The van der Waals surface area contributed by atoms with Crippen molar-refractivity contribution in [3.05, 3.63) is 54.6 Å². The summed E-state index contributed by atoms with van der Waals surface area (Å²) >= 11 is 0. The Kier molecular flexibility index (Phi) is 6.48. The van der Waals surface area contributed by atoms with Gasteiger partial charge in [0.2, 0.25) is 0 Å². The molecule has 136 valence electrons. The molecule has 0 saturated carbocycles. The molecule has 0 N–H and O–H groups in total. The number of hydrogen-bond acceptors (Lipinski definition) is 3. The third-order valence-electron chi connectivity index (χ3n) is 4.54. The van der Waals surface area contributed by atoms with Crippen LogP contribution in [0.15, 0.2) is 54.6 Å². The third-order valence-corrected chi connectivity index (χ3v) is 4.54. The quantitative estimate of drug-likeness (QED) is 0.274. The van der Waals surface area contributed by atoms with E-state index in [0.717, 1.165) is 36.8 Å². The fourth-order valence-electron chi connectivity index (χ4n) is 3.20. The van der Waals surface area contributed by atoms with Crippen LogP contribution < -0.4 is 4.74 Å². The largest absolute Gasteiger partial charge is 0.493 e. The second-order valence-corrected chi connectivity index (χ2v) is 6.49. The van der Waals surface area contributed by atoms with Gasteiger partial charge < -0.3 is 9.47 Å². The van der Waals surface area contributed by atoms with Gasteiger partial charge in [-0.15, -0.1) is 0 Å². The molecule has 0 aliphatic carbocycles. The van der Waals surface area contributed by atoms with Crippen LogP contribution in [0.2, 0.25) is 0 Å². The van der Waals surface area contributed by atoms with E-state index >= 15 is 0 Å². The van der Waals surface area contributed by atoms with E-state index in [0.29, 0.717) is 19.6 Å². The summed E-state index contributed by atoms with van der Waals surface area (Å²) in [7, 11) is 0. The van der Waals surface area contributed by atoms with Gasteiger partial charge in [0, 0.05) is 11.8 Å². The molecular weight excluding hydrogens is 324 g/mol. The van der Waals surface area contributed by atoms with E-state index in [2.05, 4.69) is 42.5 Å². The van der Waals surface area contributed by atoms with Gasteiger partial charge in [0.05, 0.1) is 13.2 Å². The van der Waals surface area contributed by atoms with Crippen LogP contribution in [-0.4, -0.2) is 19.2 Å². The zero-order valence-corrected chi connectivity index (χ0v) is 15.4. The summed E-state index contributed by atoms with van der Waals surface area (Å²) < 4.78 is 11.0. The lowest BCUT2D eigenvalue weighted by Crippen LogP contribution is -2.03. The highest BCUT2D eigenvalue weighted by Crippen LogP contribution is 2.30. The Morgan fingerprint density at radius 2 is 1.58 bits per heavy atom. The molecule has 0 aromatic heterocycles. The van der Waals surface area contributed by atoms with Crippen LogP contribution in [0.4, 0.5) is 0 Å². The molecule has 0 unspecified atom stereocenters. The van der Waals surface area contributed by atoms with Crippen molar-refractivity contribution < 1.29 is 14.3 Å². The fourth-order valence-corrected chi connectivity index (χ4v) is 3.20. The number of ether oxygens (including phenoxy) is 2. The predicted octanol–water partition coefficient (Wildman–Crippen LogP) is 5.89. The molecule has 0 bridgehead atoms. The molecule has 3 heteroatoms. The second kappa shape index (κ2) is 9.23. The number of unbranched alkanes of at least 4 members (excludes halogenated alkanes) is 3. The number of esters is 1. The minimum absolute atomic E-state index is 0.0910. The molecule has 3 nitrogen and oxygen atoms in total. The molecule has 0 fully saturated rings. The van der Waals surface area contributed by atoms with E-state index in [4.69, 9.17) is 9.47 Å². The Balaban J connectivity index is 1.51. The van der Waals surface area contributed by atoms with E-state index in [1.807, 2.05) is 19.1 Å². The lowest BCUT2D eigenvalue weighted by atomic mass is 10.0. The van der Waals surface area contributed by atoms with Crippen molar-refractivity contribution in [3.63, 3.8) is 0 Å². The molecule has 0 heterocycles. The highest BCUT2D eigenvalue weighted by atomic mass is 16.5. The first-order chi connectivity index (χ1) is 12.8. The monoisotopic (exact) mass is 350 g/mol. The summed E-state index contributed by atoms with van der Waals surface area (Å²) in [5, 5.41) is 4.85. The minimum Gasteiger partial charge on any atom is -0.493 e. The van der Waals surface area contributed by atoms with E-state index in [1.54, 1.807) is 0 Å². The molecule has 0 spiro atoms. The number of carbonyl (C=O) groups is 1. The number of rotatable bonds is 9. The van der Waals surface area contributed by atoms with Crippen molar-refractivity contribution in [3.8, 4) is 5.75 Å². The smallest absolute Gasteiger partial charge is 0.305 e. The second-order valence-electron chi connectivity index (χ2n) is 6.49. The zero-order chi connectivity index (χ0) is 18.2. The van der Waals surface area contributed by atoms with Crippen molar-refractivity contribution in [1.82, 2.24) is 0 Å². The van der Waals surface area contributed by atoms with Gasteiger partial charge in [-0.3, -0.25) is 4.79 Å². The maximum absolute atomic E-state index is 11.3. The summed E-state index contributed by atoms with van der Waals surface area (Å²) in [5.74, 6) is 0.853. The van der Waals surface area contributed by atoms with E-state index in [-0.39, 0.29) is 5.97 Å². The molecule has 0 atom stereocenters. The van der Waals surface area contributed by atoms with Gasteiger partial charge in [-0.2, -0.15) is 0 Å². The Bertz CT molecular complexity index is 870. The average Bonchev–Trinajstić information content (AvgIpc) is 2.66. The first-order valence-corrected chi connectivity index (χ1v) is 9.48. The lowest BCUT2D eigenvalue weighted by Gasteiger charge is -2.10. The van der Waals surface area contributed by atoms with Crippen molar-refractivity contribution in [2.45, 2.75) is 39.0 Å². The van der Waals surface area contributed by atoms with E-state index in [1.165, 1.54) is 16.2 Å². The van der Waals surface area contributed by atoms with Gasteiger partial charge in [-0.05, 0) is 54.1 Å². The van der Waals surface area contributed by atoms with Gasteiger partial charge in [0.1, 0.15) is 5.75 Å². The first kappa shape index (κ1) is 18.2.